The number of nitrogens with zero attached hydrogens (tertiary/aromatic N) is 4. The molecular formula is C22H27N5O2S. The first kappa shape index (κ1) is 19.6. The molecule has 0 amide bonds. The lowest BCUT2D eigenvalue weighted by molar-refractivity contribution is -0.0989. The predicted octanol–water partition coefficient (Wildman–Crippen LogP) is 2.78. The summed E-state index contributed by atoms with van der Waals surface area (Å²) in [5.41, 5.74) is 1.69. The molecule has 2 bridgehead atoms. The van der Waals surface area contributed by atoms with E-state index in [1.807, 2.05) is 55.9 Å². The van der Waals surface area contributed by atoms with Crippen LogP contribution in [0.3, 0.4) is 0 Å². The number of aryl methyl sites for hydroxylation is 1. The van der Waals surface area contributed by atoms with Crippen molar-refractivity contribution in [3.63, 3.8) is 0 Å². The summed E-state index contributed by atoms with van der Waals surface area (Å²) in [4.78, 5) is 12.7. The van der Waals surface area contributed by atoms with Crippen molar-refractivity contribution in [1.29, 1.82) is 0 Å². The van der Waals surface area contributed by atoms with Gasteiger partial charge in [0.2, 0.25) is 0 Å². The highest BCUT2D eigenvalue weighted by molar-refractivity contribution is 7.84. The molecule has 3 saturated carbocycles. The summed E-state index contributed by atoms with van der Waals surface area (Å²) in [7, 11) is 0.423. The monoisotopic (exact) mass is 425 g/mol. The highest BCUT2D eigenvalue weighted by atomic mass is 32.2. The number of aromatic nitrogens is 4. The molecule has 0 spiro atoms. The normalized spacial score (nSPS) is 24.9. The van der Waals surface area contributed by atoms with Gasteiger partial charge in [0, 0.05) is 18.6 Å². The number of nitrogens with one attached hydrogen (secondary N) is 1. The Balaban J connectivity index is 1.62. The van der Waals surface area contributed by atoms with E-state index in [2.05, 4.69) is 15.0 Å². The molecule has 7 nitrogen and oxygen atoms in total. The van der Waals surface area contributed by atoms with Crippen molar-refractivity contribution in [2.45, 2.75) is 56.4 Å². The molecule has 0 aliphatic heterocycles. The molecule has 2 atom stereocenters. The van der Waals surface area contributed by atoms with Gasteiger partial charge in [0.25, 0.3) is 5.56 Å². The van der Waals surface area contributed by atoms with Crippen LogP contribution in [0.2, 0.25) is 0 Å². The summed E-state index contributed by atoms with van der Waals surface area (Å²) in [6.07, 6.45) is 7.28. The van der Waals surface area contributed by atoms with E-state index in [9.17, 15) is 9.00 Å². The number of hydrogen-bond acceptors (Lipinski definition) is 4. The number of rotatable bonds is 5. The molecule has 3 aliphatic carbocycles. The Hall–Kier alpha value is -2.32. The Morgan fingerprint density at radius 1 is 1.20 bits per heavy atom. The standard InChI is InChI=1S/C22H27N5O2S/c1-21(2,3)30(29)24-19(18-13-27(25-23-18)22-10-14(11-22)12-22)16-6-5-7-17-15(16)8-9-26(4)20(17)28/h5-9,13-14,19,24H,10-12H2,1-4H3/t14?,19-,22?,30-/m1/s1. The van der Waals surface area contributed by atoms with E-state index in [0.29, 0.717) is 5.39 Å². The van der Waals surface area contributed by atoms with E-state index < -0.39 is 21.8 Å². The van der Waals surface area contributed by atoms with Crippen LogP contribution in [0.25, 0.3) is 10.8 Å². The largest absolute Gasteiger partial charge is 0.318 e. The molecule has 3 aliphatic rings. The third kappa shape index (κ3) is 2.96. The Morgan fingerprint density at radius 3 is 2.57 bits per heavy atom. The van der Waals surface area contributed by atoms with Crippen LogP contribution in [0.1, 0.15) is 57.3 Å². The molecule has 0 unspecified atom stereocenters. The zero-order chi connectivity index (χ0) is 21.3. The van der Waals surface area contributed by atoms with E-state index in [0.717, 1.165) is 22.6 Å². The second kappa shape index (κ2) is 6.59. The number of fused-ring (bicyclic) bond motifs is 1. The van der Waals surface area contributed by atoms with Crippen LogP contribution >= 0.6 is 0 Å². The zero-order valence-corrected chi connectivity index (χ0v) is 18.6. The lowest BCUT2D eigenvalue weighted by atomic mass is 9.50. The molecule has 0 saturated heterocycles. The molecule has 1 aromatic carbocycles. The van der Waals surface area contributed by atoms with Crippen molar-refractivity contribution >= 4 is 21.8 Å². The first-order chi connectivity index (χ1) is 14.2. The predicted molar refractivity (Wildman–Crippen MR) is 117 cm³/mol. The molecular weight excluding hydrogens is 398 g/mol. The van der Waals surface area contributed by atoms with Gasteiger partial charge in [0.15, 0.2) is 0 Å². The maximum atomic E-state index is 13.0. The van der Waals surface area contributed by atoms with E-state index in [4.69, 9.17) is 0 Å². The molecule has 158 valence electrons. The maximum Gasteiger partial charge on any atom is 0.258 e. The van der Waals surface area contributed by atoms with Gasteiger partial charge in [-0.1, -0.05) is 17.3 Å². The minimum atomic E-state index is -1.32. The summed E-state index contributed by atoms with van der Waals surface area (Å²) >= 11 is 0. The molecule has 2 aromatic heterocycles. The lowest BCUT2D eigenvalue weighted by Gasteiger charge is -2.61. The average Bonchev–Trinajstić information content (AvgIpc) is 3.08. The molecule has 3 fully saturated rings. The van der Waals surface area contributed by atoms with Crippen molar-refractivity contribution < 1.29 is 4.21 Å². The minimum Gasteiger partial charge on any atom is -0.318 e. The average molecular weight is 426 g/mol. The van der Waals surface area contributed by atoms with Crippen LogP contribution in [0, 0.1) is 5.92 Å². The highest BCUT2D eigenvalue weighted by Crippen LogP contribution is 2.61. The Kier molecular flexibility index (Phi) is 4.31. The van der Waals surface area contributed by atoms with Crippen LogP contribution in [-0.4, -0.2) is 28.5 Å². The fourth-order valence-electron chi connectivity index (χ4n) is 4.57. The summed E-state index contributed by atoms with van der Waals surface area (Å²) in [5, 5.41) is 10.4. The van der Waals surface area contributed by atoms with Gasteiger partial charge < -0.3 is 4.57 Å². The third-order valence-corrected chi connectivity index (χ3v) is 8.11. The summed E-state index contributed by atoms with van der Waals surface area (Å²) < 4.78 is 19.4. The minimum absolute atomic E-state index is 0.0532. The molecule has 0 radical (unpaired) electrons. The van der Waals surface area contributed by atoms with Crippen LogP contribution in [0.5, 0.6) is 0 Å². The van der Waals surface area contributed by atoms with Gasteiger partial charge in [-0.15, -0.1) is 5.10 Å². The number of pyridine rings is 1. The first-order valence-electron chi connectivity index (χ1n) is 10.4. The Morgan fingerprint density at radius 2 is 1.93 bits per heavy atom. The molecule has 1 N–H and O–H groups in total. The Bertz CT molecular complexity index is 1210. The van der Waals surface area contributed by atoms with Gasteiger partial charge >= 0.3 is 0 Å². The van der Waals surface area contributed by atoms with Crippen molar-refractivity contribution in [3.05, 3.63) is 58.3 Å². The SMILES string of the molecule is Cn1ccc2c([C@@H](N[S@](=O)C(C)(C)C)c3cn(C45CC(C4)C5)nn3)cccc2c1=O. The lowest BCUT2D eigenvalue weighted by Crippen LogP contribution is -2.59. The van der Waals surface area contributed by atoms with Gasteiger partial charge in [-0.3, -0.25) is 4.79 Å². The number of benzene rings is 1. The van der Waals surface area contributed by atoms with Crippen molar-refractivity contribution in [2.75, 3.05) is 0 Å². The zero-order valence-electron chi connectivity index (χ0n) is 17.8. The maximum absolute atomic E-state index is 13.0. The van der Waals surface area contributed by atoms with E-state index in [1.165, 1.54) is 19.3 Å². The summed E-state index contributed by atoms with van der Waals surface area (Å²) in [5.74, 6) is 0.842. The second-order valence-corrected chi connectivity index (χ2v) is 11.8. The molecule has 2 heterocycles. The van der Waals surface area contributed by atoms with Gasteiger partial charge in [-0.05, 0) is 69.0 Å². The van der Waals surface area contributed by atoms with Crippen LogP contribution in [-0.2, 0) is 23.6 Å². The third-order valence-electron chi connectivity index (χ3n) is 6.55. The van der Waals surface area contributed by atoms with Crippen molar-refractivity contribution in [1.82, 2.24) is 24.3 Å². The fraction of sp³-hybridized carbons (Fsp3) is 0.500. The molecule has 6 rings (SSSR count). The van der Waals surface area contributed by atoms with E-state index >= 15 is 0 Å². The van der Waals surface area contributed by atoms with Gasteiger partial charge in [-0.2, -0.15) is 0 Å². The molecule has 30 heavy (non-hydrogen) atoms. The van der Waals surface area contributed by atoms with E-state index in [1.54, 1.807) is 17.8 Å². The highest BCUT2D eigenvalue weighted by Gasteiger charge is 2.58. The van der Waals surface area contributed by atoms with Gasteiger partial charge in [0.05, 0.1) is 33.5 Å². The van der Waals surface area contributed by atoms with E-state index in [-0.39, 0.29) is 11.1 Å². The fourth-order valence-corrected chi connectivity index (χ4v) is 5.39. The van der Waals surface area contributed by atoms with Gasteiger partial charge in [0.1, 0.15) is 5.69 Å². The van der Waals surface area contributed by atoms with Crippen molar-refractivity contribution in [2.24, 2.45) is 13.0 Å². The summed E-state index contributed by atoms with van der Waals surface area (Å²) in [6.45, 7) is 5.81. The summed E-state index contributed by atoms with van der Waals surface area (Å²) in [6, 6.07) is 7.18. The van der Waals surface area contributed by atoms with Crippen LogP contribution in [0.4, 0.5) is 0 Å². The van der Waals surface area contributed by atoms with Crippen molar-refractivity contribution in [3.8, 4) is 0 Å². The van der Waals surface area contributed by atoms with Crippen LogP contribution in [0.15, 0.2) is 41.5 Å². The Labute approximate surface area is 178 Å². The quantitative estimate of drug-likeness (QED) is 0.682. The molecule has 3 aromatic rings. The topological polar surface area (TPSA) is 81.8 Å². The smallest absolute Gasteiger partial charge is 0.258 e. The van der Waals surface area contributed by atoms with Gasteiger partial charge in [-0.25, -0.2) is 13.6 Å². The van der Waals surface area contributed by atoms with Crippen LogP contribution < -0.4 is 10.3 Å². The first-order valence-corrected chi connectivity index (χ1v) is 11.5. The number of hydrogen-bond donors (Lipinski definition) is 1. The molecule has 8 heteroatoms. The second-order valence-electron chi connectivity index (χ2n) is 9.76.